The maximum absolute atomic E-state index is 14.6. The van der Waals surface area contributed by atoms with Crippen LogP contribution in [0.1, 0.15) is 36.8 Å². The van der Waals surface area contributed by atoms with Gasteiger partial charge in [-0.15, -0.1) is 0 Å². The Balaban J connectivity index is 1.43. The van der Waals surface area contributed by atoms with Crippen molar-refractivity contribution >= 4 is 5.78 Å². The van der Waals surface area contributed by atoms with Crippen molar-refractivity contribution in [3.63, 3.8) is 0 Å². The number of nitrogens with zero attached hydrogens (tertiary/aromatic N) is 3. The van der Waals surface area contributed by atoms with Crippen LogP contribution in [0.2, 0.25) is 0 Å². The van der Waals surface area contributed by atoms with Gasteiger partial charge in [-0.2, -0.15) is 23.5 Å². The monoisotopic (exact) mass is 420 g/mol. The Kier molecular flexibility index (Phi) is 5.36. The van der Waals surface area contributed by atoms with Gasteiger partial charge in [-0.25, -0.2) is 9.07 Å². The fraction of sp³-hybridized carbons (Fsp3) is 0.476. The number of rotatable bonds is 6. The van der Waals surface area contributed by atoms with Gasteiger partial charge < -0.3 is 5.32 Å². The molecule has 1 aromatic heterocycles. The first-order valence-electron chi connectivity index (χ1n) is 9.83. The highest BCUT2D eigenvalue weighted by molar-refractivity contribution is 5.85. The van der Waals surface area contributed by atoms with Crippen LogP contribution < -0.4 is 5.32 Å². The van der Waals surface area contributed by atoms with Gasteiger partial charge in [0.2, 0.25) is 0 Å². The van der Waals surface area contributed by atoms with E-state index in [1.807, 2.05) is 0 Å². The molecule has 1 saturated heterocycles. The number of nitriles is 1. The second-order valence-electron chi connectivity index (χ2n) is 8.06. The standard InChI is InChI=1S/C21H20F4N4O/c22-18-8-17(29-11-15(10-27-29)21(23,24)25)4-2-13(18)5-12(9-26)6-19(30)20-14-1-3-16(7-14)28-20/h2,4,8,10-12,14,16,20,28H,1,3,5-7H2/t12-,14+,16-,20+/m1/s1. The number of piperidine rings is 1. The topological polar surface area (TPSA) is 70.7 Å². The summed E-state index contributed by atoms with van der Waals surface area (Å²) in [4.78, 5) is 12.6. The molecule has 1 saturated carbocycles. The largest absolute Gasteiger partial charge is 0.419 e. The molecule has 4 rings (SSSR count). The predicted molar refractivity (Wildman–Crippen MR) is 99.0 cm³/mol. The molecule has 2 heterocycles. The average molecular weight is 420 g/mol. The maximum Gasteiger partial charge on any atom is 0.419 e. The van der Waals surface area contributed by atoms with Crippen molar-refractivity contribution in [3.05, 3.63) is 47.5 Å². The number of hydrogen-bond donors (Lipinski definition) is 1. The molecule has 1 aliphatic heterocycles. The van der Waals surface area contributed by atoms with Crippen LogP contribution in [0, 0.1) is 29.0 Å². The quantitative estimate of drug-likeness (QED) is 0.722. The van der Waals surface area contributed by atoms with E-state index in [1.54, 1.807) is 0 Å². The molecule has 0 amide bonds. The molecule has 2 fully saturated rings. The third-order valence-corrected chi connectivity index (χ3v) is 6.01. The Morgan fingerprint density at radius 2 is 2.17 bits per heavy atom. The molecule has 2 aromatic rings. The molecule has 0 unspecified atom stereocenters. The number of ketones is 1. The molecule has 2 bridgehead atoms. The van der Waals surface area contributed by atoms with Gasteiger partial charge in [0.1, 0.15) is 5.82 Å². The van der Waals surface area contributed by atoms with Crippen LogP contribution in [0.4, 0.5) is 17.6 Å². The zero-order valence-electron chi connectivity index (χ0n) is 16.0. The van der Waals surface area contributed by atoms with Crippen molar-refractivity contribution in [1.29, 1.82) is 5.26 Å². The van der Waals surface area contributed by atoms with Crippen molar-refractivity contribution in [1.82, 2.24) is 15.1 Å². The molecule has 0 radical (unpaired) electrons. The zero-order chi connectivity index (χ0) is 21.5. The molecular weight excluding hydrogens is 400 g/mol. The fourth-order valence-electron chi connectivity index (χ4n) is 4.47. The lowest BCUT2D eigenvalue weighted by Gasteiger charge is -2.22. The second kappa shape index (κ2) is 7.84. The molecule has 1 N–H and O–H groups in total. The van der Waals surface area contributed by atoms with E-state index in [0.717, 1.165) is 36.2 Å². The Hall–Kier alpha value is -2.73. The third kappa shape index (κ3) is 4.10. The summed E-state index contributed by atoms with van der Waals surface area (Å²) in [7, 11) is 0. The molecule has 158 valence electrons. The van der Waals surface area contributed by atoms with E-state index < -0.39 is 23.5 Å². The predicted octanol–water partition coefficient (Wildman–Crippen LogP) is 3.81. The highest BCUT2D eigenvalue weighted by atomic mass is 19.4. The van der Waals surface area contributed by atoms with Gasteiger partial charge in [0.05, 0.1) is 35.5 Å². The molecule has 5 nitrogen and oxygen atoms in total. The summed E-state index contributed by atoms with van der Waals surface area (Å²) in [5.41, 5.74) is -0.547. The first-order chi connectivity index (χ1) is 14.2. The van der Waals surface area contributed by atoms with E-state index in [1.165, 1.54) is 12.1 Å². The fourth-order valence-corrected chi connectivity index (χ4v) is 4.47. The number of fused-ring (bicyclic) bond motifs is 2. The van der Waals surface area contributed by atoms with Crippen LogP contribution in [0.3, 0.4) is 0 Å². The number of carbonyl (C=O) groups is 1. The van der Waals surface area contributed by atoms with Gasteiger partial charge in [0.15, 0.2) is 5.78 Å². The van der Waals surface area contributed by atoms with Crippen molar-refractivity contribution in [2.24, 2.45) is 11.8 Å². The van der Waals surface area contributed by atoms with Gasteiger partial charge in [0, 0.05) is 18.7 Å². The lowest BCUT2D eigenvalue weighted by atomic mass is 9.88. The summed E-state index contributed by atoms with van der Waals surface area (Å²) in [6, 6.07) is 6.20. The van der Waals surface area contributed by atoms with Crippen LogP contribution >= 0.6 is 0 Å². The second-order valence-corrected chi connectivity index (χ2v) is 8.06. The minimum absolute atomic E-state index is 0.0120. The summed E-state index contributed by atoms with van der Waals surface area (Å²) in [6.07, 6.45) is 0.124. The van der Waals surface area contributed by atoms with E-state index >= 15 is 0 Å². The number of halogens is 4. The third-order valence-electron chi connectivity index (χ3n) is 6.01. The van der Waals surface area contributed by atoms with E-state index in [2.05, 4.69) is 16.5 Å². The van der Waals surface area contributed by atoms with Gasteiger partial charge in [0.25, 0.3) is 0 Å². The van der Waals surface area contributed by atoms with Crippen LogP contribution in [-0.4, -0.2) is 27.6 Å². The highest BCUT2D eigenvalue weighted by Gasteiger charge is 2.42. The molecule has 4 atom stereocenters. The van der Waals surface area contributed by atoms with Gasteiger partial charge in [-0.3, -0.25) is 4.79 Å². The van der Waals surface area contributed by atoms with Crippen molar-refractivity contribution in [2.75, 3.05) is 0 Å². The zero-order valence-corrected chi connectivity index (χ0v) is 16.0. The molecule has 9 heteroatoms. The summed E-state index contributed by atoms with van der Waals surface area (Å²) in [6.45, 7) is 0. The van der Waals surface area contributed by atoms with Crippen LogP contribution in [-0.2, 0) is 17.4 Å². The minimum Gasteiger partial charge on any atom is -0.304 e. The molecule has 2 aliphatic rings. The van der Waals surface area contributed by atoms with Crippen LogP contribution in [0.5, 0.6) is 0 Å². The van der Waals surface area contributed by atoms with Gasteiger partial charge >= 0.3 is 6.18 Å². The Bertz CT molecular complexity index is 994. The molecule has 30 heavy (non-hydrogen) atoms. The van der Waals surface area contributed by atoms with E-state index in [0.29, 0.717) is 18.2 Å². The first-order valence-corrected chi connectivity index (χ1v) is 9.83. The SMILES string of the molecule is N#C[C@@H](CC(=O)[C@H]1N[C@@H]2CC[C@H]1C2)Cc1ccc(-n2cc(C(F)(F)F)cn2)cc1F. The number of nitrogens with one attached hydrogen (secondary N) is 1. The van der Waals surface area contributed by atoms with E-state index in [9.17, 15) is 27.6 Å². The Morgan fingerprint density at radius 1 is 1.37 bits per heavy atom. The summed E-state index contributed by atoms with van der Waals surface area (Å²) in [5.74, 6) is -1.00. The van der Waals surface area contributed by atoms with E-state index in [-0.39, 0.29) is 35.9 Å². The number of benzene rings is 1. The Labute approximate surface area is 170 Å². The maximum atomic E-state index is 14.6. The minimum atomic E-state index is -4.53. The molecular formula is C21H20F4N4O. The number of hydrogen-bond acceptors (Lipinski definition) is 4. The number of carbonyl (C=O) groups excluding carboxylic acids is 1. The average Bonchev–Trinajstić information content (AvgIpc) is 3.44. The first kappa shape index (κ1) is 20.5. The lowest BCUT2D eigenvalue weighted by Crippen LogP contribution is -2.42. The van der Waals surface area contributed by atoms with Gasteiger partial charge in [-0.05, 0) is 49.3 Å². The van der Waals surface area contributed by atoms with Crippen molar-refractivity contribution in [3.8, 4) is 11.8 Å². The van der Waals surface area contributed by atoms with E-state index in [4.69, 9.17) is 0 Å². The van der Waals surface area contributed by atoms with Crippen LogP contribution in [0.25, 0.3) is 5.69 Å². The van der Waals surface area contributed by atoms with Crippen molar-refractivity contribution in [2.45, 2.75) is 50.4 Å². The summed E-state index contributed by atoms with van der Waals surface area (Å²) in [5, 5.41) is 16.4. The molecule has 1 aromatic carbocycles. The lowest BCUT2D eigenvalue weighted by molar-refractivity contribution is -0.137. The summed E-state index contributed by atoms with van der Waals surface area (Å²) < 4.78 is 53.7. The van der Waals surface area contributed by atoms with Crippen LogP contribution in [0.15, 0.2) is 30.6 Å². The number of alkyl halides is 3. The van der Waals surface area contributed by atoms with Crippen molar-refractivity contribution < 1.29 is 22.4 Å². The smallest absolute Gasteiger partial charge is 0.304 e. The number of aromatic nitrogens is 2. The highest BCUT2D eigenvalue weighted by Crippen LogP contribution is 2.36. The number of Topliss-reactive ketones (excluding diaryl/α,β-unsaturated/α-hetero) is 1. The summed E-state index contributed by atoms with van der Waals surface area (Å²) >= 11 is 0. The van der Waals surface area contributed by atoms with Gasteiger partial charge in [-0.1, -0.05) is 6.07 Å². The molecule has 0 spiro atoms. The Morgan fingerprint density at radius 3 is 2.73 bits per heavy atom. The normalized spacial score (nSPS) is 24.0. The molecule has 1 aliphatic carbocycles.